The maximum absolute atomic E-state index is 12.2. The fourth-order valence-electron chi connectivity index (χ4n) is 4.39. The Hall–Kier alpha value is -3.20. The van der Waals surface area contributed by atoms with Gasteiger partial charge in [-0.05, 0) is 110 Å². The van der Waals surface area contributed by atoms with Gasteiger partial charge in [0.15, 0.2) is 0 Å². The fourth-order valence-corrected chi connectivity index (χ4v) is 5.50. The minimum atomic E-state index is -4.85. The molecular formula is C22H26N6O6S2. The summed E-state index contributed by atoms with van der Waals surface area (Å²) in [6, 6.07) is 0. The van der Waals surface area contributed by atoms with Gasteiger partial charge in [0.2, 0.25) is 0 Å². The summed E-state index contributed by atoms with van der Waals surface area (Å²) in [6.07, 6.45) is 0. The van der Waals surface area contributed by atoms with Crippen molar-refractivity contribution in [3.63, 3.8) is 0 Å². The van der Waals surface area contributed by atoms with Crippen LogP contribution in [0.25, 0.3) is 22.1 Å². The second-order valence-corrected chi connectivity index (χ2v) is 11.6. The highest BCUT2D eigenvalue weighted by Crippen LogP contribution is 2.33. The van der Waals surface area contributed by atoms with Gasteiger partial charge in [-0.1, -0.05) is 0 Å². The summed E-state index contributed by atoms with van der Waals surface area (Å²) in [7, 11) is -9.70. The number of aryl methyl sites for hydroxylation is 4. The highest BCUT2D eigenvalue weighted by Gasteiger charge is 2.28. The Morgan fingerprint density at radius 1 is 0.528 bits per heavy atom. The molecule has 0 bridgehead atoms. The molecule has 2 aromatic carbocycles. The van der Waals surface area contributed by atoms with Crippen molar-refractivity contribution in [3.8, 4) is 0 Å². The number of benzene rings is 2. The summed E-state index contributed by atoms with van der Waals surface area (Å²) < 4.78 is 70.3. The van der Waals surface area contributed by atoms with Crippen LogP contribution >= 0.6 is 0 Å². The molecule has 0 spiro atoms. The van der Waals surface area contributed by atoms with Crippen molar-refractivity contribution in [2.75, 3.05) is 0 Å². The molecule has 36 heavy (non-hydrogen) atoms. The van der Waals surface area contributed by atoms with E-state index in [1.54, 1.807) is 27.7 Å². The van der Waals surface area contributed by atoms with Crippen LogP contribution in [0.5, 0.6) is 0 Å². The van der Waals surface area contributed by atoms with Gasteiger partial charge in [0.25, 0.3) is 10.3 Å². The first-order chi connectivity index (χ1) is 16.5. The van der Waals surface area contributed by atoms with Gasteiger partial charge in [0, 0.05) is 0 Å². The molecule has 0 saturated carbocycles. The van der Waals surface area contributed by atoms with Crippen LogP contribution < -0.4 is 0 Å². The third-order valence-electron chi connectivity index (χ3n) is 7.13. The molecule has 192 valence electrons. The van der Waals surface area contributed by atoms with Crippen molar-refractivity contribution in [2.24, 2.45) is 10.4 Å². The third kappa shape index (κ3) is 3.72. The minimum Gasteiger partial charge on any atom is -0.279 e. The monoisotopic (exact) mass is 534 g/mol. The molecule has 0 radical (unpaired) electrons. The third-order valence-corrected chi connectivity index (χ3v) is 8.58. The molecule has 0 saturated heterocycles. The first-order valence-electron chi connectivity index (χ1n) is 10.8. The van der Waals surface area contributed by atoms with Gasteiger partial charge >= 0.3 is 20.2 Å². The summed E-state index contributed by atoms with van der Waals surface area (Å²) in [5, 5.41) is 6.46. The average molecular weight is 535 g/mol. The SMILES string of the molecule is Cc1c(C)c(C)c2c(nc(S(=O)(=O)O)n2N=Nn2c(S(=O)(=O)O)nc3c(C)c(C)c(C)c(C)c32)c1C. The molecular weight excluding hydrogens is 508 g/mol. The summed E-state index contributed by atoms with van der Waals surface area (Å²) >= 11 is 0. The fraction of sp³-hybridized carbons (Fsp3) is 0.364. The van der Waals surface area contributed by atoms with Gasteiger partial charge in [-0.25, -0.2) is 9.97 Å². The van der Waals surface area contributed by atoms with Gasteiger partial charge in [0.05, 0.1) is 22.1 Å². The largest absolute Gasteiger partial charge is 0.330 e. The Bertz CT molecular complexity index is 1730. The van der Waals surface area contributed by atoms with E-state index in [1.165, 1.54) is 0 Å². The molecule has 2 N–H and O–H groups in total. The smallest absolute Gasteiger partial charge is 0.279 e. The Morgan fingerprint density at radius 2 is 0.806 bits per heavy atom. The van der Waals surface area contributed by atoms with Crippen molar-refractivity contribution in [2.45, 2.75) is 65.7 Å². The molecule has 0 unspecified atom stereocenters. The second kappa shape index (κ2) is 8.16. The summed E-state index contributed by atoms with van der Waals surface area (Å²) in [4.78, 5) is 8.23. The van der Waals surface area contributed by atoms with E-state index in [4.69, 9.17) is 0 Å². The molecule has 4 aromatic rings. The summed E-state index contributed by atoms with van der Waals surface area (Å²) in [5.41, 5.74) is 7.37. The Balaban J connectivity index is 2.16. The zero-order valence-electron chi connectivity index (χ0n) is 21.0. The second-order valence-electron chi connectivity index (χ2n) is 8.94. The molecule has 0 aliphatic carbocycles. The molecule has 12 nitrogen and oxygen atoms in total. The van der Waals surface area contributed by atoms with Gasteiger partial charge in [0.1, 0.15) is 0 Å². The van der Waals surface area contributed by atoms with E-state index in [2.05, 4.69) is 20.4 Å². The summed E-state index contributed by atoms with van der Waals surface area (Å²) in [6.45, 7) is 14.5. The Kier molecular flexibility index (Phi) is 5.87. The number of aromatic nitrogens is 4. The van der Waals surface area contributed by atoms with Crippen molar-refractivity contribution in [1.82, 2.24) is 19.3 Å². The van der Waals surface area contributed by atoms with E-state index in [9.17, 15) is 25.9 Å². The molecule has 2 heterocycles. The molecule has 0 atom stereocenters. The zero-order chi connectivity index (χ0) is 27.1. The van der Waals surface area contributed by atoms with Gasteiger partial charge < -0.3 is 0 Å². The lowest BCUT2D eigenvalue weighted by Gasteiger charge is -2.11. The van der Waals surface area contributed by atoms with Crippen LogP contribution in [-0.2, 0) is 20.2 Å². The number of nitrogens with zero attached hydrogens (tertiary/aromatic N) is 6. The van der Waals surface area contributed by atoms with Crippen molar-refractivity contribution >= 4 is 42.3 Å². The quantitative estimate of drug-likeness (QED) is 0.292. The topological polar surface area (TPSA) is 169 Å². The highest BCUT2D eigenvalue weighted by atomic mass is 32.2. The van der Waals surface area contributed by atoms with Gasteiger partial charge in [-0.2, -0.15) is 26.2 Å². The average Bonchev–Trinajstić information content (AvgIpc) is 3.36. The van der Waals surface area contributed by atoms with E-state index in [0.29, 0.717) is 33.3 Å². The van der Waals surface area contributed by atoms with Crippen molar-refractivity contribution < 1.29 is 25.9 Å². The van der Waals surface area contributed by atoms with Crippen molar-refractivity contribution in [3.05, 3.63) is 44.5 Å². The zero-order valence-corrected chi connectivity index (χ0v) is 22.7. The highest BCUT2D eigenvalue weighted by molar-refractivity contribution is 7.85. The Labute approximate surface area is 208 Å². The van der Waals surface area contributed by atoms with E-state index < -0.39 is 30.5 Å². The van der Waals surface area contributed by atoms with E-state index >= 15 is 0 Å². The molecule has 0 fully saturated rings. The lowest BCUT2D eigenvalue weighted by Crippen LogP contribution is -2.09. The Morgan fingerprint density at radius 3 is 1.08 bits per heavy atom. The van der Waals surface area contributed by atoms with Crippen LogP contribution in [0.4, 0.5) is 0 Å². The lowest BCUT2D eigenvalue weighted by molar-refractivity contribution is 0.458. The number of fused-ring (bicyclic) bond motifs is 2. The summed E-state index contributed by atoms with van der Waals surface area (Å²) in [5.74, 6) is 0. The predicted molar refractivity (Wildman–Crippen MR) is 133 cm³/mol. The number of imidazole rings is 2. The maximum atomic E-state index is 12.2. The standard InChI is InChI=1S/C22H26N6O6S2/c1-9-11(3)15(7)19-17(13(9)5)23-21(35(29,30)31)27(19)25-26-28-20-16(8)12(4)10(2)14(6)18(20)24-22(28)36(32,33)34/h1-8H3,(H,29,30,31)(H,32,33,34). The van der Waals surface area contributed by atoms with Gasteiger partial charge in [-0.3, -0.25) is 9.11 Å². The lowest BCUT2D eigenvalue weighted by atomic mass is 9.97. The van der Waals surface area contributed by atoms with Crippen LogP contribution in [0.1, 0.15) is 44.5 Å². The van der Waals surface area contributed by atoms with Crippen molar-refractivity contribution in [1.29, 1.82) is 0 Å². The van der Waals surface area contributed by atoms with E-state index in [0.717, 1.165) is 31.6 Å². The maximum Gasteiger partial charge on any atom is 0.330 e. The predicted octanol–water partition coefficient (Wildman–Crippen LogP) is 4.03. The molecule has 0 aliphatic heterocycles. The van der Waals surface area contributed by atoms with E-state index in [-0.39, 0.29) is 11.0 Å². The van der Waals surface area contributed by atoms with E-state index in [1.807, 2.05) is 27.7 Å². The number of hydrogen-bond acceptors (Lipinski definition) is 8. The molecule has 4 rings (SSSR count). The van der Waals surface area contributed by atoms with Crippen LogP contribution in [0, 0.1) is 55.4 Å². The first kappa shape index (κ1) is 25.9. The van der Waals surface area contributed by atoms with Crippen LogP contribution in [0.15, 0.2) is 20.8 Å². The first-order valence-corrected chi connectivity index (χ1v) is 13.7. The molecule has 14 heteroatoms. The minimum absolute atomic E-state index is 0.282. The van der Waals surface area contributed by atoms with Crippen LogP contribution in [-0.4, -0.2) is 45.3 Å². The molecule has 2 aromatic heterocycles. The normalized spacial score (nSPS) is 13.1. The molecule has 0 aliphatic rings. The van der Waals surface area contributed by atoms with Gasteiger partial charge in [-0.15, -0.1) is 0 Å². The van der Waals surface area contributed by atoms with Crippen LogP contribution in [0.2, 0.25) is 0 Å². The van der Waals surface area contributed by atoms with Crippen LogP contribution in [0.3, 0.4) is 0 Å². The number of rotatable bonds is 4. The number of hydrogen-bond donors (Lipinski definition) is 2. The molecule has 0 amide bonds.